The molecule has 0 saturated heterocycles. The molecule has 0 atom stereocenters. The van der Waals surface area contributed by atoms with Crippen LogP contribution in [0.1, 0.15) is 22.3 Å². The van der Waals surface area contributed by atoms with Crippen molar-refractivity contribution in [2.45, 2.75) is 26.4 Å². The van der Waals surface area contributed by atoms with Gasteiger partial charge in [0.15, 0.2) is 0 Å². The summed E-state index contributed by atoms with van der Waals surface area (Å²) >= 11 is 0. The maximum Gasteiger partial charge on any atom is 0.119 e. The molecule has 2 nitrogen and oxygen atoms in total. The minimum absolute atomic E-state index is 0.699. The highest BCUT2D eigenvalue weighted by atomic mass is 16.5. The summed E-state index contributed by atoms with van der Waals surface area (Å²) in [5.41, 5.74) is 5.22. The molecule has 0 saturated carbocycles. The number of rotatable bonds is 8. The van der Waals surface area contributed by atoms with Crippen molar-refractivity contribution in [3.63, 3.8) is 0 Å². The van der Waals surface area contributed by atoms with Gasteiger partial charge in [-0.2, -0.15) is 0 Å². The van der Waals surface area contributed by atoms with Crippen LogP contribution in [-0.2, 0) is 19.5 Å². The Hall–Kier alpha value is -2.58. The van der Waals surface area contributed by atoms with Crippen molar-refractivity contribution in [1.82, 2.24) is 5.32 Å². The van der Waals surface area contributed by atoms with Gasteiger partial charge in [0.25, 0.3) is 0 Å². The number of hydrogen-bond donors (Lipinski definition) is 1. The molecule has 3 rings (SSSR count). The predicted molar refractivity (Wildman–Crippen MR) is 104 cm³/mol. The van der Waals surface area contributed by atoms with Gasteiger partial charge in [0.05, 0.1) is 6.61 Å². The zero-order valence-corrected chi connectivity index (χ0v) is 14.7. The van der Waals surface area contributed by atoms with Gasteiger partial charge < -0.3 is 10.1 Å². The predicted octanol–water partition coefficient (Wildman–Crippen LogP) is 4.91. The molecule has 0 fully saturated rings. The molecule has 0 bridgehead atoms. The molecule has 0 aliphatic carbocycles. The van der Waals surface area contributed by atoms with Gasteiger partial charge in [-0.05, 0) is 41.3 Å². The molecule has 128 valence electrons. The van der Waals surface area contributed by atoms with Crippen molar-refractivity contribution in [2.75, 3.05) is 6.61 Å². The third-order valence-electron chi connectivity index (χ3n) is 4.31. The van der Waals surface area contributed by atoms with E-state index in [-0.39, 0.29) is 0 Å². The fraction of sp³-hybridized carbons (Fsp3) is 0.217. The van der Waals surface area contributed by atoms with Crippen LogP contribution >= 0.6 is 0 Å². The third-order valence-corrected chi connectivity index (χ3v) is 4.31. The van der Waals surface area contributed by atoms with Crippen molar-refractivity contribution in [3.05, 3.63) is 101 Å². The van der Waals surface area contributed by atoms with Crippen LogP contribution in [0, 0.1) is 6.92 Å². The maximum atomic E-state index is 5.91. The average molecular weight is 331 g/mol. The van der Waals surface area contributed by atoms with Crippen LogP contribution in [0.3, 0.4) is 0 Å². The Bertz CT molecular complexity index is 783. The van der Waals surface area contributed by atoms with Crippen molar-refractivity contribution < 1.29 is 4.74 Å². The molecule has 0 aliphatic rings. The molecule has 0 amide bonds. The smallest absolute Gasteiger partial charge is 0.119 e. The summed E-state index contributed by atoms with van der Waals surface area (Å²) in [4.78, 5) is 0. The van der Waals surface area contributed by atoms with E-state index < -0.39 is 0 Å². The van der Waals surface area contributed by atoms with Crippen LogP contribution < -0.4 is 10.1 Å². The van der Waals surface area contributed by atoms with Crippen LogP contribution in [0.15, 0.2) is 78.9 Å². The lowest BCUT2D eigenvalue weighted by molar-refractivity contribution is 0.321. The summed E-state index contributed by atoms with van der Waals surface area (Å²) in [6.45, 7) is 4.57. The molecular formula is C23H25NO. The zero-order valence-electron chi connectivity index (χ0n) is 14.7. The van der Waals surface area contributed by atoms with E-state index in [1.165, 1.54) is 22.3 Å². The first-order valence-corrected chi connectivity index (χ1v) is 8.82. The summed E-state index contributed by atoms with van der Waals surface area (Å²) < 4.78 is 5.91. The lowest BCUT2D eigenvalue weighted by Crippen LogP contribution is -2.13. The summed E-state index contributed by atoms with van der Waals surface area (Å²) in [7, 11) is 0. The van der Waals surface area contributed by atoms with Gasteiger partial charge in [0, 0.05) is 19.5 Å². The van der Waals surface area contributed by atoms with Crippen LogP contribution in [0.2, 0.25) is 0 Å². The zero-order chi connectivity index (χ0) is 17.3. The Balaban J connectivity index is 1.47. The molecule has 1 N–H and O–H groups in total. The first-order chi connectivity index (χ1) is 12.3. The average Bonchev–Trinajstić information content (AvgIpc) is 2.65. The number of benzene rings is 3. The lowest BCUT2D eigenvalue weighted by atomic mass is 10.1. The largest absolute Gasteiger partial charge is 0.493 e. The normalized spacial score (nSPS) is 10.6. The van der Waals surface area contributed by atoms with E-state index in [0.717, 1.165) is 25.3 Å². The second-order valence-corrected chi connectivity index (χ2v) is 6.26. The van der Waals surface area contributed by atoms with Crippen LogP contribution in [0.25, 0.3) is 0 Å². The van der Waals surface area contributed by atoms with Gasteiger partial charge in [-0.1, -0.05) is 66.7 Å². The molecular weight excluding hydrogens is 306 g/mol. The highest BCUT2D eigenvalue weighted by Gasteiger charge is 2.00. The van der Waals surface area contributed by atoms with Crippen LogP contribution in [0.5, 0.6) is 5.75 Å². The number of aryl methyl sites for hydroxylation is 1. The summed E-state index contributed by atoms with van der Waals surface area (Å²) in [6.07, 6.45) is 0.927. The fourth-order valence-corrected chi connectivity index (χ4v) is 2.83. The molecule has 0 spiro atoms. The third kappa shape index (κ3) is 5.47. The van der Waals surface area contributed by atoms with E-state index in [1.54, 1.807) is 0 Å². The quantitative estimate of drug-likeness (QED) is 0.633. The highest BCUT2D eigenvalue weighted by molar-refractivity contribution is 5.29. The number of hydrogen-bond acceptors (Lipinski definition) is 2. The number of ether oxygens (including phenoxy) is 1. The van der Waals surface area contributed by atoms with Crippen molar-refractivity contribution in [3.8, 4) is 5.75 Å². The first-order valence-electron chi connectivity index (χ1n) is 8.82. The summed E-state index contributed by atoms with van der Waals surface area (Å²) in [5, 5.41) is 3.51. The summed E-state index contributed by atoms with van der Waals surface area (Å²) in [5.74, 6) is 0.936. The molecule has 25 heavy (non-hydrogen) atoms. The number of nitrogens with one attached hydrogen (secondary N) is 1. The topological polar surface area (TPSA) is 21.3 Å². The minimum Gasteiger partial charge on any atom is -0.493 e. The van der Waals surface area contributed by atoms with Gasteiger partial charge in [-0.3, -0.25) is 0 Å². The Morgan fingerprint density at radius 3 is 2.36 bits per heavy atom. The van der Waals surface area contributed by atoms with Gasteiger partial charge in [0.2, 0.25) is 0 Å². The SMILES string of the molecule is Cc1ccccc1CNCc1cccc(OCCc2ccccc2)c1. The van der Waals surface area contributed by atoms with E-state index >= 15 is 0 Å². The second-order valence-electron chi connectivity index (χ2n) is 6.26. The monoisotopic (exact) mass is 331 g/mol. The Morgan fingerprint density at radius 2 is 1.52 bits per heavy atom. The molecule has 0 aromatic heterocycles. The Kier molecular flexibility index (Phi) is 6.24. The molecule has 0 radical (unpaired) electrons. The molecule has 3 aromatic rings. The molecule has 0 heterocycles. The van der Waals surface area contributed by atoms with Crippen molar-refractivity contribution >= 4 is 0 Å². The van der Waals surface area contributed by atoms with Crippen LogP contribution in [-0.4, -0.2) is 6.61 Å². The van der Waals surface area contributed by atoms with E-state index in [1.807, 2.05) is 12.1 Å². The van der Waals surface area contributed by atoms with Crippen molar-refractivity contribution in [1.29, 1.82) is 0 Å². The minimum atomic E-state index is 0.699. The van der Waals surface area contributed by atoms with E-state index in [4.69, 9.17) is 4.74 Å². The fourth-order valence-electron chi connectivity index (χ4n) is 2.83. The molecule has 0 aliphatic heterocycles. The van der Waals surface area contributed by atoms with Gasteiger partial charge in [0.1, 0.15) is 5.75 Å². The van der Waals surface area contributed by atoms with Gasteiger partial charge in [-0.25, -0.2) is 0 Å². The van der Waals surface area contributed by atoms with E-state index in [2.05, 4.69) is 79.0 Å². The van der Waals surface area contributed by atoms with Gasteiger partial charge >= 0.3 is 0 Å². The Morgan fingerprint density at radius 1 is 0.760 bits per heavy atom. The molecule has 2 heteroatoms. The van der Waals surface area contributed by atoms with Gasteiger partial charge in [-0.15, -0.1) is 0 Å². The lowest BCUT2D eigenvalue weighted by Gasteiger charge is -2.10. The molecule has 3 aromatic carbocycles. The highest BCUT2D eigenvalue weighted by Crippen LogP contribution is 2.14. The van der Waals surface area contributed by atoms with E-state index in [0.29, 0.717) is 6.61 Å². The van der Waals surface area contributed by atoms with Crippen LogP contribution in [0.4, 0.5) is 0 Å². The maximum absolute atomic E-state index is 5.91. The summed E-state index contributed by atoms with van der Waals surface area (Å²) in [6, 6.07) is 27.3. The standard InChI is InChI=1S/C23H25NO/c1-19-8-5-6-12-22(19)18-24-17-21-11-7-13-23(16-21)25-15-14-20-9-3-2-4-10-20/h2-13,16,24H,14-15,17-18H2,1H3. The first kappa shape index (κ1) is 17.2. The Labute approximate surface area is 150 Å². The second kappa shape index (κ2) is 9.05. The van der Waals surface area contributed by atoms with Crippen molar-refractivity contribution in [2.24, 2.45) is 0 Å². The van der Waals surface area contributed by atoms with E-state index in [9.17, 15) is 0 Å². The molecule has 0 unspecified atom stereocenters.